The summed E-state index contributed by atoms with van der Waals surface area (Å²) in [5.41, 5.74) is 5.75. The summed E-state index contributed by atoms with van der Waals surface area (Å²) < 4.78 is 5.00. The SMILES string of the molecule is CC1CCN(C2CCOC2=O)CC1CN. The first kappa shape index (κ1) is 10.9. The summed E-state index contributed by atoms with van der Waals surface area (Å²) in [6.45, 7) is 5.53. The number of esters is 1. The molecule has 2 N–H and O–H groups in total. The van der Waals surface area contributed by atoms with E-state index in [9.17, 15) is 4.79 Å². The maximum atomic E-state index is 11.5. The van der Waals surface area contributed by atoms with Gasteiger partial charge in [-0.05, 0) is 31.3 Å². The van der Waals surface area contributed by atoms with Gasteiger partial charge >= 0.3 is 5.97 Å². The molecule has 3 atom stereocenters. The highest BCUT2D eigenvalue weighted by atomic mass is 16.5. The van der Waals surface area contributed by atoms with Crippen LogP contribution in [0.25, 0.3) is 0 Å². The van der Waals surface area contributed by atoms with E-state index in [1.165, 1.54) is 0 Å². The molecule has 4 nitrogen and oxygen atoms in total. The molecule has 15 heavy (non-hydrogen) atoms. The second-order valence-corrected chi connectivity index (χ2v) is 4.73. The number of carbonyl (C=O) groups excluding carboxylic acids is 1. The van der Waals surface area contributed by atoms with Crippen molar-refractivity contribution < 1.29 is 9.53 Å². The van der Waals surface area contributed by atoms with Crippen LogP contribution in [-0.2, 0) is 9.53 Å². The molecule has 2 heterocycles. The lowest BCUT2D eigenvalue weighted by Gasteiger charge is -2.38. The van der Waals surface area contributed by atoms with Crippen LogP contribution in [0.3, 0.4) is 0 Å². The molecule has 86 valence electrons. The minimum Gasteiger partial charge on any atom is -0.464 e. The van der Waals surface area contributed by atoms with Crippen molar-refractivity contribution in [3.63, 3.8) is 0 Å². The van der Waals surface area contributed by atoms with E-state index in [0.717, 1.165) is 32.5 Å². The highest BCUT2D eigenvalue weighted by Crippen LogP contribution is 2.26. The summed E-state index contributed by atoms with van der Waals surface area (Å²) in [4.78, 5) is 13.7. The molecule has 2 saturated heterocycles. The Morgan fingerprint density at radius 2 is 2.33 bits per heavy atom. The van der Waals surface area contributed by atoms with Crippen molar-refractivity contribution in [2.75, 3.05) is 26.2 Å². The highest BCUT2D eigenvalue weighted by Gasteiger charge is 2.36. The molecule has 0 aliphatic carbocycles. The smallest absolute Gasteiger partial charge is 0.323 e. The van der Waals surface area contributed by atoms with Gasteiger partial charge in [0, 0.05) is 13.0 Å². The Balaban J connectivity index is 1.96. The first-order chi connectivity index (χ1) is 7.22. The number of piperidine rings is 1. The molecule has 2 rings (SSSR count). The standard InChI is InChI=1S/C11H20N2O2/c1-8-2-4-13(7-9(8)6-12)10-3-5-15-11(10)14/h8-10H,2-7,12H2,1H3. The van der Waals surface area contributed by atoms with Crippen LogP contribution in [0.1, 0.15) is 19.8 Å². The van der Waals surface area contributed by atoms with Crippen molar-refractivity contribution in [1.82, 2.24) is 4.90 Å². The maximum Gasteiger partial charge on any atom is 0.323 e. The average Bonchev–Trinajstić information content (AvgIpc) is 2.65. The van der Waals surface area contributed by atoms with Gasteiger partial charge in [-0.1, -0.05) is 6.92 Å². The molecule has 0 saturated carbocycles. The van der Waals surface area contributed by atoms with Crippen molar-refractivity contribution in [3.05, 3.63) is 0 Å². The minimum absolute atomic E-state index is 0.00606. The number of carbonyl (C=O) groups is 1. The molecule has 0 spiro atoms. The van der Waals surface area contributed by atoms with Gasteiger partial charge in [-0.2, -0.15) is 0 Å². The Morgan fingerprint density at radius 1 is 1.53 bits per heavy atom. The topological polar surface area (TPSA) is 55.6 Å². The Morgan fingerprint density at radius 3 is 2.93 bits per heavy atom. The third-order valence-corrected chi connectivity index (χ3v) is 3.80. The molecule has 0 aromatic rings. The number of rotatable bonds is 2. The Hall–Kier alpha value is -0.610. The van der Waals surface area contributed by atoms with E-state index in [1.807, 2.05) is 0 Å². The van der Waals surface area contributed by atoms with Crippen molar-refractivity contribution in [2.24, 2.45) is 17.6 Å². The van der Waals surface area contributed by atoms with Gasteiger partial charge in [-0.25, -0.2) is 0 Å². The lowest BCUT2D eigenvalue weighted by atomic mass is 9.86. The third kappa shape index (κ3) is 2.16. The van der Waals surface area contributed by atoms with E-state index in [-0.39, 0.29) is 12.0 Å². The zero-order valence-corrected chi connectivity index (χ0v) is 9.32. The summed E-state index contributed by atoms with van der Waals surface area (Å²) in [6.07, 6.45) is 2.00. The van der Waals surface area contributed by atoms with Crippen molar-refractivity contribution >= 4 is 5.97 Å². The zero-order chi connectivity index (χ0) is 10.8. The van der Waals surface area contributed by atoms with Crippen LogP contribution in [0.5, 0.6) is 0 Å². The number of cyclic esters (lactones) is 1. The van der Waals surface area contributed by atoms with E-state index in [4.69, 9.17) is 10.5 Å². The monoisotopic (exact) mass is 212 g/mol. The first-order valence-electron chi connectivity index (χ1n) is 5.83. The van der Waals surface area contributed by atoms with Crippen LogP contribution >= 0.6 is 0 Å². The second kappa shape index (κ2) is 4.49. The van der Waals surface area contributed by atoms with Crippen molar-refractivity contribution in [3.8, 4) is 0 Å². The fourth-order valence-electron chi connectivity index (χ4n) is 2.58. The van der Waals surface area contributed by atoms with Gasteiger partial charge in [0.1, 0.15) is 6.04 Å². The van der Waals surface area contributed by atoms with E-state index >= 15 is 0 Å². The summed E-state index contributed by atoms with van der Waals surface area (Å²) in [5, 5.41) is 0. The predicted molar refractivity (Wildman–Crippen MR) is 57.3 cm³/mol. The summed E-state index contributed by atoms with van der Waals surface area (Å²) in [5.74, 6) is 1.18. The summed E-state index contributed by atoms with van der Waals surface area (Å²) >= 11 is 0. The van der Waals surface area contributed by atoms with E-state index in [1.54, 1.807) is 0 Å². The Kier molecular flexibility index (Phi) is 3.26. The average molecular weight is 212 g/mol. The van der Waals surface area contributed by atoms with Gasteiger partial charge in [-0.3, -0.25) is 9.69 Å². The van der Waals surface area contributed by atoms with Crippen LogP contribution in [0.15, 0.2) is 0 Å². The fraction of sp³-hybridized carbons (Fsp3) is 0.909. The molecule has 4 heteroatoms. The lowest BCUT2D eigenvalue weighted by molar-refractivity contribution is -0.143. The van der Waals surface area contributed by atoms with Gasteiger partial charge in [0.05, 0.1) is 6.61 Å². The second-order valence-electron chi connectivity index (χ2n) is 4.73. The summed E-state index contributed by atoms with van der Waals surface area (Å²) in [7, 11) is 0. The van der Waals surface area contributed by atoms with E-state index < -0.39 is 0 Å². The van der Waals surface area contributed by atoms with Gasteiger partial charge in [-0.15, -0.1) is 0 Å². The van der Waals surface area contributed by atoms with Crippen molar-refractivity contribution in [2.45, 2.75) is 25.8 Å². The molecule has 0 radical (unpaired) electrons. The quantitative estimate of drug-likeness (QED) is 0.665. The van der Waals surface area contributed by atoms with Crippen LogP contribution in [0.2, 0.25) is 0 Å². The molecular weight excluding hydrogens is 192 g/mol. The number of likely N-dealkylation sites (tertiary alicyclic amines) is 1. The van der Waals surface area contributed by atoms with E-state index in [2.05, 4.69) is 11.8 Å². The molecule has 2 aliphatic heterocycles. The van der Waals surface area contributed by atoms with Crippen LogP contribution in [0.4, 0.5) is 0 Å². The molecular formula is C11H20N2O2. The van der Waals surface area contributed by atoms with Gasteiger partial charge in [0.15, 0.2) is 0 Å². The molecule has 3 unspecified atom stereocenters. The van der Waals surface area contributed by atoms with Crippen LogP contribution < -0.4 is 5.73 Å². The fourth-order valence-corrected chi connectivity index (χ4v) is 2.58. The van der Waals surface area contributed by atoms with Crippen LogP contribution in [-0.4, -0.2) is 43.2 Å². The maximum absolute atomic E-state index is 11.5. The molecule has 0 aromatic carbocycles. The molecule has 0 bridgehead atoms. The van der Waals surface area contributed by atoms with Crippen LogP contribution in [0, 0.1) is 11.8 Å². The number of hydrogen-bond acceptors (Lipinski definition) is 4. The first-order valence-corrected chi connectivity index (χ1v) is 5.83. The van der Waals surface area contributed by atoms with Crippen molar-refractivity contribution in [1.29, 1.82) is 0 Å². The number of hydrogen-bond donors (Lipinski definition) is 1. The lowest BCUT2D eigenvalue weighted by Crippen LogP contribution is -2.48. The molecule has 2 aliphatic rings. The zero-order valence-electron chi connectivity index (χ0n) is 9.32. The largest absolute Gasteiger partial charge is 0.464 e. The van der Waals surface area contributed by atoms with Gasteiger partial charge in [0.2, 0.25) is 0 Å². The van der Waals surface area contributed by atoms with Gasteiger partial charge in [0.25, 0.3) is 0 Å². The molecule has 0 amide bonds. The summed E-state index contributed by atoms with van der Waals surface area (Å²) in [6, 6.07) is 0.00606. The number of nitrogens with zero attached hydrogens (tertiary/aromatic N) is 1. The van der Waals surface area contributed by atoms with Gasteiger partial charge < -0.3 is 10.5 Å². The Bertz CT molecular complexity index is 245. The third-order valence-electron chi connectivity index (χ3n) is 3.80. The minimum atomic E-state index is -0.0414. The normalized spacial score (nSPS) is 38.0. The predicted octanol–water partition coefficient (Wildman–Crippen LogP) is 0.219. The van der Waals surface area contributed by atoms with E-state index in [0.29, 0.717) is 18.4 Å². The molecule has 2 fully saturated rings. The Labute approximate surface area is 90.8 Å². The molecule has 0 aromatic heterocycles. The highest BCUT2D eigenvalue weighted by molar-refractivity contribution is 5.77. The number of ether oxygens (including phenoxy) is 1. The number of nitrogens with two attached hydrogens (primary N) is 1.